The monoisotopic (exact) mass is 1080 g/mol. The molecule has 0 aliphatic carbocycles. The molecule has 0 fully saturated rings. The van der Waals surface area contributed by atoms with Gasteiger partial charge in [-0.25, -0.2) is 4.57 Å². The topological polar surface area (TPSA) is 155 Å². The molecule has 0 aromatic carbocycles. The van der Waals surface area contributed by atoms with Crippen molar-refractivity contribution in [2.75, 3.05) is 26.4 Å². The van der Waals surface area contributed by atoms with Gasteiger partial charge >= 0.3 is 25.7 Å². The molecule has 0 bridgehead atoms. The van der Waals surface area contributed by atoms with Crippen LogP contribution in [0.5, 0.6) is 0 Å². The van der Waals surface area contributed by atoms with Gasteiger partial charge in [0.15, 0.2) is 6.10 Å². The van der Waals surface area contributed by atoms with Gasteiger partial charge in [-0.2, -0.15) is 0 Å². The molecular formula is C64H109O11P. The highest BCUT2D eigenvalue weighted by Crippen LogP contribution is 2.43. The molecule has 0 rings (SSSR count). The summed E-state index contributed by atoms with van der Waals surface area (Å²) in [6.45, 7) is 4.38. The number of aliphatic hydroxyl groups excluding tert-OH is 1. The van der Waals surface area contributed by atoms with Crippen molar-refractivity contribution in [3.8, 4) is 0 Å². The van der Waals surface area contributed by atoms with Crippen molar-refractivity contribution in [2.24, 2.45) is 0 Å². The fraction of sp³-hybridized carbons (Fsp3) is 0.703. The highest BCUT2D eigenvalue weighted by atomic mass is 31.2. The number of ether oxygens (including phenoxy) is 3. The molecule has 0 aliphatic rings. The first-order valence-corrected chi connectivity index (χ1v) is 31.6. The minimum Gasteiger partial charge on any atom is -0.462 e. The summed E-state index contributed by atoms with van der Waals surface area (Å²) in [6, 6.07) is 0. The van der Waals surface area contributed by atoms with Gasteiger partial charge in [-0.3, -0.25) is 23.4 Å². The summed E-state index contributed by atoms with van der Waals surface area (Å²) in [5.41, 5.74) is 0. The van der Waals surface area contributed by atoms with Crippen molar-refractivity contribution < 1.29 is 52.2 Å². The Kier molecular flexibility index (Phi) is 54.8. The van der Waals surface area contributed by atoms with E-state index in [1.165, 1.54) is 70.6 Å². The van der Waals surface area contributed by atoms with Gasteiger partial charge < -0.3 is 24.2 Å². The Labute approximate surface area is 463 Å². The van der Waals surface area contributed by atoms with Crippen LogP contribution in [0, 0.1) is 0 Å². The standard InChI is InChI=1S/C64H109O11P/c1-4-7-10-13-16-19-22-25-28-30-33-35-38-41-44-47-50-53-62(66)71-57-61(75-64(68)55-52-49-46-43-40-37-34-31-29-26-23-20-17-14-11-8-5-2)59-73-76(69,70)72-58-60(56-65)74-63(67)54-51-48-45-42-39-36-32-27-24-21-18-15-12-9-6-3/h7-8,10-11,16-17,19-20,25-26,28-29,33-35,37,60-61,65H,4-6,9,12-15,18,21-24,27,30-32,36,38-59H2,1-3H3,(H,69,70)/b10-7-,11-8-,19-16-,20-17-,28-25-,29-26-,35-33-,37-34-. The van der Waals surface area contributed by atoms with Gasteiger partial charge in [-0.1, -0.05) is 234 Å². The molecule has 0 saturated heterocycles. The molecule has 0 spiro atoms. The molecule has 2 N–H and O–H groups in total. The average Bonchev–Trinajstić information content (AvgIpc) is 3.41. The number of hydrogen-bond acceptors (Lipinski definition) is 10. The molecule has 0 radical (unpaired) electrons. The molecule has 3 atom stereocenters. The summed E-state index contributed by atoms with van der Waals surface area (Å²) in [5, 5.41) is 9.83. The number of hydrogen-bond donors (Lipinski definition) is 2. The number of carbonyl (C=O) groups excluding carboxylic acids is 3. The summed E-state index contributed by atoms with van der Waals surface area (Å²) in [7, 11) is -4.77. The summed E-state index contributed by atoms with van der Waals surface area (Å²) in [6.07, 6.45) is 67.9. The van der Waals surface area contributed by atoms with Gasteiger partial charge in [-0.15, -0.1) is 0 Å². The van der Waals surface area contributed by atoms with E-state index in [0.717, 1.165) is 122 Å². The van der Waals surface area contributed by atoms with Crippen LogP contribution in [0.3, 0.4) is 0 Å². The van der Waals surface area contributed by atoms with Crippen LogP contribution in [-0.4, -0.2) is 66.5 Å². The highest BCUT2D eigenvalue weighted by molar-refractivity contribution is 7.47. The lowest BCUT2D eigenvalue weighted by Crippen LogP contribution is -2.30. The number of aliphatic hydroxyl groups is 1. The molecule has 0 amide bonds. The second-order valence-electron chi connectivity index (χ2n) is 19.8. The van der Waals surface area contributed by atoms with E-state index in [1.807, 2.05) is 0 Å². The Morgan fingerprint density at radius 3 is 1.05 bits per heavy atom. The first-order chi connectivity index (χ1) is 37.2. The second-order valence-corrected chi connectivity index (χ2v) is 21.2. The van der Waals surface area contributed by atoms with E-state index in [4.69, 9.17) is 23.3 Å². The van der Waals surface area contributed by atoms with Gasteiger partial charge in [-0.05, 0) is 96.3 Å². The summed E-state index contributed by atoms with van der Waals surface area (Å²) < 4.78 is 39.6. The molecule has 0 aromatic heterocycles. The van der Waals surface area contributed by atoms with Crippen LogP contribution in [0.25, 0.3) is 0 Å². The van der Waals surface area contributed by atoms with Gasteiger partial charge in [0.1, 0.15) is 12.7 Å². The summed E-state index contributed by atoms with van der Waals surface area (Å²) >= 11 is 0. The van der Waals surface area contributed by atoms with Crippen molar-refractivity contribution in [1.29, 1.82) is 0 Å². The lowest BCUT2D eigenvalue weighted by Gasteiger charge is -2.21. The van der Waals surface area contributed by atoms with Gasteiger partial charge in [0, 0.05) is 19.3 Å². The number of phosphoric acid groups is 1. The largest absolute Gasteiger partial charge is 0.472 e. The second kappa shape index (κ2) is 57.6. The molecule has 436 valence electrons. The highest BCUT2D eigenvalue weighted by Gasteiger charge is 2.28. The fourth-order valence-corrected chi connectivity index (χ4v) is 8.77. The van der Waals surface area contributed by atoms with E-state index in [2.05, 4.69) is 118 Å². The Balaban J connectivity index is 4.79. The van der Waals surface area contributed by atoms with Crippen molar-refractivity contribution in [1.82, 2.24) is 0 Å². The van der Waals surface area contributed by atoms with Crippen LogP contribution in [0.2, 0.25) is 0 Å². The summed E-state index contributed by atoms with van der Waals surface area (Å²) in [5.74, 6) is -1.52. The number of phosphoric ester groups is 1. The van der Waals surface area contributed by atoms with E-state index < -0.39 is 57.8 Å². The quantitative estimate of drug-likeness (QED) is 0.0197. The van der Waals surface area contributed by atoms with Gasteiger partial charge in [0.2, 0.25) is 0 Å². The Morgan fingerprint density at radius 2 is 0.684 bits per heavy atom. The summed E-state index contributed by atoms with van der Waals surface area (Å²) in [4.78, 5) is 48.6. The average molecular weight is 1090 g/mol. The third kappa shape index (κ3) is 55.2. The normalized spacial score (nSPS) is 14.0. The third-order valence-electron chi connectivity index (χ3n) is 12.5. The fourth-order valence-electron chi connectivity index (χ4n) is 7.99. The lowest BCUT2D eigenvalue weighted by atomic mass is 10.0. The molecule has 12 heteroatoms. The Hall–Kier alpha value is -3.60. The van der Waals surface area contributed by atoms with E-state index >= 15 is 0 Å². The van der Waals surface area contributed by atoms with E-state index in [1.54, 1.807) is 0 Å². The number of allylic oxidation sites excluding steroid dienone is 16. The van der Waals surface area contributed by atoms with E-state index in [-0.39, 0.29) is 25.9 Å². The Bertz CT molecular complexity index is 1640. The SMILES string of the molecule is CC/C=C\C/C=C\C/C=C\C/C=C\CCCCCCC(=O)OCC(COP(=O)(O)OCC(CO)OC(=O)CCCCCCCCCCCCCCCCC)OC(=O)CCCCCC/C=C\C/C=C\C/C=C\C/C=C\CC. The molecule has 0 aliphatic heterocycles. The minimum absolute atomic E-state index is 0.131. The smallest absolute Gasteiger partial charge is 0.462 e. The number of esters is 3. The van der Waals surface area contributed by atoms with Crippen LogP contribution in [0.4, 0.5) is 0 Å². The van der Waals surface area contributed by atoms with Crippen molar-refractivity contribution in [2.45, 2.75) is 264 Å². The van der Waals surface area contributed by atoms with E-state index in [0.29, 0.717) is 19.3 Å². The molecule has 3 unspecified atom stereocenters. The molecule has 0 heterocycles. The number of unbranched alkanes of at least 4 members (excludes halogenated alkanes) is 22. The van der Waals surface area contributed by atoms with Crippen LogP contribution >= 0.6 is 7.82 Å². The molecule has 0 aromatic rings. The molecule has 76 heavy (non-hydrogen) atoms. The molecule has 0 saturated carbocycles. The van der Waals surface area contributed by atoms with Gasteiger partial charge in [0.25, 0.3) is 0 Å². The zero-order chi connectivity index (χ0) is 55.5. The van der Waals surface area contributed by atoms with Crippen molar-refractivity contribution in [3.63, 3.8) is 0 Å². The minimum atomic E-state index is -4.77. The van der Waals surface area contributed by atoms with Crippen LogP contribution in [0.15, 0.2) is 97.2 Å². The first kappa shape index (κ1) is 72.4. The Morgan fingerprint density at radius 1 is 0.382 bits per heavy atom. The predicted octanol–water partition coefficient (Wildman–Crippen LogP) is 18.0. The van der Waals surface area contributed by atoms with Crippen LogP contribution < -0.4 is 0 Å². The predicted molar refractivity (Wildman–Crippen MR) is 316 cm³/mol. The molecular weight excluding hydrogens is 976 g/mol. The van der Waals surface area contributed by atoms with Crippen LogP contribution in [0.1, 0.15) is 252 Å². The number of carbonyl (C=O) groups is 3. The molecule has 11 nitrogen and oxygen atoms in total. The zero-order valence-electron chi connectivity index (χ0n) is 48.2. The first-order valence-electron chi connectivity index (χ1n) is 30.1. The van der Waals surface area contributed by atoms with Crippen LogP contribution in [-0.2, 0) is 42.2 Å². The zero-order valence-corrected chi connectivity index (χ0v) is 49.1. The lowest BCUT2D eigenvalue weighted by molar-refractivity contribution is -0.161. The maximum Gasteiger partial charge on any atom is 0.472 e. The van der Waals surface area contributed by atoms with Crippen molar-refractivity contribution >= 4 is 25.7 Å². The maximum atomic E-state index is 12.9. The van der Waals surface area contributed by atoms with Gasteiger partial charge in [0.05, 0.1) is 19.8 Å². The number of rotatable bonds is 55. The third-order valence-corrected chi connectivity index (χ3v) is 13.5. The van der Waals surface area contributed by atoms with E-state index in [9.17, 15) is 28.9 Å². The maximum absolute atomic E-state index is 12.9. The van der Waals surface area contributed by atoms with Crippen molar-refractivity contribution in [3.05, 3.63) is 97.2 Å².